The van der Waals surface area contributed by atoms with Gasteiger partial charge in [-0.1, -0.05) is 128 Å². The second-order valence-corrected chi connectivity index (χ2v) is 12.6. The maximum absolute atomic E-state index is 6.22. The van der Waals surface area contributed by atoms with Crippen LogP contribution in [-0.4, -0.2) is 13.6 Å². The summed E-state index contributed by atoms with van der Waals surface area (Å²) in [5.41, 5.74) is 12.6. The van der Waals surface area contributed by atoms with Gasteiger partial charge in [-0.3, -0.25) is 0 Å². The fraction of sp³-hybridized carbons (Fsp3) is 0.238. The van der Waals surface area contributed by atoms with E-state index in [1.165, 1.54) is 60.1 Å². The highest BCUT2D eigenvalue weighted by Gasteiger charge is 2.42. The van der Waals surface area contributed by atoms with Gasteiger partial charge in [-0.05, 0) is 104 Å². The van der Waals surface area contributed by atoms with Crippen molar-refractivity contribution in [3.63, 3.8) is 0 Å². The van der Waals surface area contributed by atoms with Crippen LogP contribution in [0.5, 0.6) is 0 Å². The fourth-order valence-electron chi connectivity index (χ4n) is 8.17. The maximum Gasteiger partial charge on any atom is 0.0205 e. The van der Waals surface area contributed by atoms with Crippen LogP contribution in [0.4, 0.5) is 0 Å². The van der Waals surface area contributed by atoms with Crippen LogP contribution >= 0.6 is 0 Å². The van der Waals surface area contributed by atoms with Gasteiger partial charge in [0.2, 0.25) is 0 Å². The Balaban J connectivity index is 1.55. The predicted molar refractivity (Wildman–Crippen MR) is 191 cm³/mol. The molecule has 0 fully saturated rings. The van der Waals surface area contributed by atoms with Gasteiger partial charge in [0.05, 0.1) is 0 Å². The van der Waals surface area contributed by atoms with Crippen LogP contribution < -0.4 is 11.1 Å². The molecule has 3 aliphatic carbocycles. The minimum Gasteiger partial charge on any atom is -0.393 e. The first-order chi connectivity index (χ1) is 21.6. The zero-order valence-corrected chi connectivity index (χ0v) is 26.1. The third-order valence-electron chi connectivity index (χ3n) is 10.4. The van der Waals surface area contributed by atoms with Crippen LogP contribution in [0.1, 0.15) is 37.8 Å². The van der Waals surface area contributed by atoms with E-state index in [1.54, 1.807) is 0 Å². The highest BCUT2D eigenvalue weighted by Crippen LogP contribution is 2.53. The molecule has 0 aromatic heterocycles. The van der Waals surface area contributed by atoms with E-state index in [9.17, 15) is 0 Å². The van der Waals surface area contributed by atoms with Crippen molar-refractivity contribution in [3.8, 4) is 11.1 Å². The van der Waals surface area contributed by atoms with Crippen LogP contribution in [0, 0.1) is 17.8 Å². The molecule has 0 heterocycles. The molecule has 3 unspecified atom stereocenters. The number of rotatable bonds is 6. The zero-order chi connectivity index (χ0) is 30.3. The van der Waals surface area contributed by atoms with Gasteiger partial charge in [0.1, 0.15) is 0 Å². The average Bonchev–Trinajstić information content (AvgIpc) is 3.06. The van der Waals surface area contributed by atoms with E-state index >= 15 is 0 Å². The van der Waals surface area contributed by atoms with Gasteiger partial charge in [-0.25, -0.2) is 0 Å². The molecule has 0 aliphatic heterocycles. The summed E-state index contributed by atoms with van der Waals surface area (Å²) in [7, 11) is 1.96. The minimum atomic E-state index is -0.0738. The summed E-state index contributed by atoms with van der Waals surface area (Å²) in [5, 5.41) is 11.1. The number of hydrogen-bond acceptors (Lipinski definition) is 2. The van der Waals surface area contributed by atoms with E-state index in [0.29, 0.717) is 24.3 Å². The lowest BCUT2D eigenvalue weighted by Gasteiger charge is -2.44. The first-order valence-electron chi connectivity index (χ1n) is 16.2. The largest absolute Gasteiger partial charge is 0.393 e. The molecule has 220 valence electrons. The first kappa shape index (κ1) is 28.4. The standard InChI is InChI=1S/C42H42N2/c1-4-11-31(27-44-3)32-20-21-37(34-13-6-5-12-33(32)34)40-35-14-7-9-16-38(35)41(39-17-10-8-15-36(39)40)42-24-22-29(23-25-42)30(26-43)19-18-28(42)2/h4-22,24,27-30,44H,23,25-26,43H2,1-3H3/b11-4-,19-18-,31-27+/t28?,29?,30?,42-/m0/s1. The van der Waals surface area contributed by atoms with Crippen LogP contribution in [0.3, 0.4) is 0 Å². The molecule has 0 spiro atoms. The van der Waals surface area contributed by atoms with Crippen molar-refractivity contribution >= 4 is 37.9 Å². The number of fused-ring (bicyclic) bond motifs is 6. The van der Waals surface area contributed by atoms with E-state index in [1.807, 2.05) is 7.05 Å². The average molecular weight is 575 g/mol. The Morgan fingerprint density at radius 1 is 0.818 bits per heavy atom. The van der Waals surface area contributed by atoms with E-state index < -0.39 is 0 Å². The maximum atomic E-state index is 6.22. The highest BCUT2D eigenvalue weighted by atomic mass is 14.8. The second kappa shape index (κ2) is 11.6. The number of nitrogens with one attached hydrogen (secondary N) is 1. The molecule has 5 aromatic rings. The Labute approximate surface area is 261 Å². The third-order valence-corrected chi connectivity index (χ3v) is 10.4. The van der Waals surface area contributed by atoms with Crippen molar-refractivity contribution in [3.05, 3.63) is 139 Å². The lowest BCUT2D eigenvalue weighted by Crippen LogP contribution is -2.38. The van der Waals surface area contributed by atoms with Crippen molar-refractivity contribution in [1.29, 1.82) is 0 Å². The molecular weight excluding hydrogens is 532 g/mol. The monoisotopic (exact) mass is 574 g/mol. The Morgan fingerprint density at radius 2 is 1.45 bits per heavy atom. The molecule has 0 saturated carbocycles. The van der Waals surface area contributed by atoms with Gasteiger partial charge >= 0.3 is 0 Å². The summed E-state index contributed by atoms with van der Waals surface area (Å²) in [6, 6.07) is 31.8. The summed E-state index contributed by atoms with van der Waals surface area (Å²) < 4.78 is 0. The van der Waals surface area contributed by atoms with Crippen molar-refractivity contribution in [1.82, 2.24) is 5.32 Å². The molecule has 5 aromatic carbocycles. The first-order valence-corrected chi connectivity index (χ1v) is 16.2. The summed E-state index contributed by atoms with van der Waals surface area (Å²) in [5.74, 6) is 1.30. The molecule has 3 aliphatic rings. The SMILES string of the molecule is C/C=C\C(=C/NC)c1ccc(-c2c3ccccc3c([C@@]34C=CC(CC3)C(CN)/C=C\C4C)c3ccccc23)c2ccccc12. The van der Waals surface area contributed by atoms with Crippen molar-refractivity contribution in [2.45, 2.75) is 32.1 Å². The third kappa shape index (κ3) is 4.43. The lowest BCUT2D eigenvalue weighted by molar-refractivity contribution is 0.297. The molecule has 0 radical (unpaired) electrons. The van der Waals surface area contributed by atoms with Crippen molar-refractivity contribution in [2.75, 3.05) is 13.6 Å². The molecule has 3 N–H and O–H groups in total. The lowest BCUT2D eigenvalue weighted by atomic mass is 9.59. The number of hydrogen-bond donors (Lipinski definition) is 2. The Kier molecular flexibility index (Phi) is 7.48. The molecule has 44 heavy (non-hydrogen) atoms. The van der Waals surface area contributed by atoms with Crippen LogP contribution in [0.25, 0.3) is 49.0 Å². The molecule has 4 atom stereocenters. The summed E-state index contributed by atoms with van der Waals surface area (Å²) in [6.07, 6.45) is 18.6. The van der Waals surface area contributed by atoms with Crippen molar-refractivity contribution < 1.29 is 0 Å². The predicted octanol–water partition coefficient (Wildman–Crippen LogP) is 9.93. The molecule has 0 amide bonds. The summed E-state index contributed by atoms with van der Waals surface area (Å²) >= 11 is 0. The van der Waals surface area contributed by atoms with E-state index in [-0.39, 0.29) is 5.41 Å². The Hall–Kier alpha value is -4.40. The highest BCUT2D eigenvalue weighted by molar-refractivity contribution is 6.19. The number of allylic oxidation sites excluding steroid dienone is 6. The number of benzene rings is 5. The van der Waals surface area contributed by atoms with Gasteiger partial charge in [-0.15, -0.1) is 0 Å². The van der Waals surface area contributed by atoms with Gasteiger partial charge in [0, 0.05) is 18.7 Å². The number of nitrogens with two attached hydrogens (primary N) is 1. The van der Waals surface area contributed by atoms with E-state index in [4.69, 9.17) is 5.73 Å². The fourth-order valence-corrected chi connectivity index (χ4v) is 8.17. The molecule has 2 heteroatoms. The van der Waals surface area contributed by atoms with Crippen LogP contribution in [0.2, 0.25) is 0 Å². The molecule has 2 nitrogen and oxygen atoms in total. The van der Waals surface area contributed by atoms with E-state index in [0.717, 1.165) is 12.8 Å². The molecular formula is C42H42N2. The van der Waals surface area contributed by atoms with E-state index in [2.05, 4.69) is 147 Å². The quantitative estimate of drug-likeness (QED) is 0.120. The van der Waals surface area contributed by atoms with Gasteiger partial charge < -0.3 is 11.1 Å². The summed E-state index contributed by atoms with van der Waals surface area (Å²) in [6.45, 7) is 5.19. The Morgan fingerprint density at radius 3 is 2.05 bits per heavy atom. The van der Waals surface area contributed by atoms with Crippen molar-refractivity contribution in [2.24, 2.45) is 23.5 Å². The van der Waals surface area contributed by atoms with Gasteiger partial charge in [0.25, 0.3) is 0 Å². The zero-order valence-electron chi connectivity index (χ0n) is 26.1. The molecule has 2 bridgehead atoms. The topological polar surface area (TPSA) is 38.0 Å². The molecule has 8 rings (SSSR count). The van der Waals surface area contributed by atoms with Gasteiger partial charge in [0.15, 0.2) is 0 Å². The minimum absolute atomic E-state index is 0.0738. The Bertz CT molecular complexity index is 1930. The normalized spacial score (nSPS) is 24.3. The second-order valence-electron chi connectivity index (χ2n) is 12.6. The summed E-state index contributed by atoms with van der Waals surface area (Å²) in [4.78, 5) is 0. The van der Waals surface area contributed by atoms with Gasteiger partial charge in [-0.2, -0.15) is 0 Å². The van der Waals surface area contributed by atoms with Crippen LogP contribution in [0.15, 0.2) is 128 Å². The van der Waals surface area contributed by atoms with Crippen LogP contribution in [-0.2, 0) is 5.41 Å². The smallest absolute Gasteiger partial charge is 0.0205 e. The molecule has 0 saturated heterocycles.